The number of benzene rings is 1. The lowest BCUT2D eigenvalue weighted by Crippen LogP contribution is -2.34. The third-order valence-corrected chi connectivity index (χ3v) is 4.47. The maximum absolute atomic E-state index is 12.7. The van der Waals surface area contributed by atoms with E-state index in [0.29, 0.717) is 22.8 Å². The number of hydrogen-bond acceptors (Lipinski definition) is 4. The van der Waals surface area contributed by atoms with E-state index in [1.807, 2.05) is 26.0 Å². The second kappa shape index (κ2) is 6.92. The monoisotopic (exact) mass is 373 g/mol. The maximum atomic E-state index is 12.7. The molecular formula is C18H20ClN5O2. The summed E-state index contributed by atoms with van der Waals surface area (Å²) >= 11 is 5.93. The molecular weight excluding hydrogens is 354 g/mol. The Hall–Kier alpha value is -2.67. The molecule has 0 aliphatic heterocycles. The second-order valence-corrected chi connectivity index (χ2v) is 6.95. The number of halogens is 1. The van der Waals surface area contributed by atoms with Crippen molar-refractivity contribution in [2.75, 3.05) is 4.90 Å². The number of carbonyl (C=O) groups excluding carboxylic acids is 1. The van der Waals surface area contributed by atoms with E-state index < -0.39 is 0 Å². The zero-order valence-corrected chi connectivity index (χ0v) is 15.8. The molecule has 8 heteroatoms. The van der Waals surface area contributed by atoms with Gasteiger partial charge in [-0.1, -0.05) is 37.6 Å². The van der Waals surface area contributed by atoms with E-state index in [9.17, 15) is 9.59 Å². The minimum atomic E-state index is -0.233. The Morgan fingerprint density at radius 3 is 2.50 bits per heavy atom. The summed E-state index contributed by atoms with van der Waals surface area (Å²) in [5.74, 6) is 0.183. The molecule has 2 heterocycles. The molecule has 0 aliphatic rings. The first-order valence-electron chi connectivity index (χ1n) is 8.29. The number of nitrogens with one attached hydrogen (secondary N) is 1. The Morgan fingerprint density at radius 2 is 1.88 bits per heavy atom. The van der Waals surface area contributed by atoms with Crippen LogP contribution in [0.1, 0.15) is 30.7 Å². The van der Waals surface area contributed by atoms with Crippen molar-refractivity contribution in [2.45, 2.75) is 34.2 Å². The SMILES string of the molecule is Cc1nc2nc(N(Cc3ccc(Cl)cc3)C(=O)C(C)C)[nH]n2c(=O)c1C. The van der Waals surface area contributed by atoms with Crippen molar-refractivity contribution in [1.29, 1.82) is 0 Å². The first-order valence-corrected chi connectivity index (χ1v) is 8.67. The lowest BCUT2D eigenvalue weighted by Gasteiger charge is -2.21. The van der Waals surface area contributed by atoms with Crippen molar-refractivity contribution in [3.05, 3.63) is 56.5 Å². The standard InChI is InChI=1S/C18H20ClN5O2/c1-10(2)15(25)23(9-13-5-7-14(19)8-6-13)18-21-17-20-12(4)11(3)16(26)24(17)22-18/h5-8,10H,9H2,1-4H3,(H,20,21,22). The van der Waals surface area contributed by atoms with Crippen LogP contribution in [0.4, 0.5) is 5.95 Å². The molecule has 3 rings (SSSR count). The summed E-state index contributed by atoms with van der Waals surface area (Å²) in [7, 11) is 0. The first kappa shape index (κ1) is 18.1. The van der Waals surface area contributed by atoms with Crippen molar-refractivity contribution in [3.63, 3.8) is 0 Å². The highest BCUT2D eigenvalue weighted by atomic mass is 35.5. The molecule has 0 radical (unpaired) electrons. The highest BCUT2D eigenvalue weighted by molar-refractivity contribution is 6.30. The molecule has 1 N–H and O–H groups in total. The number of carbonyl (C=O) groups is 1. The van der Waals surface area contributed by atoms with Gasteiger partial charge >= 0.3 is 0 Å². The van der Waals surface area contributed by atoms with Crippen molar-refractivity contribution in [1.82, 2.24) is 19.6 Å². The largest absolute Gasteiger partial charge is 0.277 e. The number of fused-ring (bicyclic) bond motifs is 1. The fourth-order valence-electron chi connectivity index (χ4n) is 2.55. The van der Waals surface area contributed by atoms with Crippen LogP contribution in [0.25, 0.3) is 5.78 Å². The number of aromatic nitrogens is 4. The Kier molecular flexibility index (Phi) is 4.82. The van der Waals surface area contributed by atoms with Crippen molar-refractivity contribution in [3.8, 4) is 0 Å². The van der Waals surface area contributed by atoms with E-state index in [0.717, 1.165) is 5.56 Å². The van der Waals surface area contributed by atoms with Gasteiger partial charge in [-0.3, -0.25) is 19.6 Å². The third-order valence-electron chi connectivity index (χ3n) is 4.22. The van der Waals surface area contributed by atoms with E-state index in [2.05, 4.69) is 15.1 Å². The highest BCUT2D eigenvalue weighted by Gasteiger charge is 2.23. The van der Waals surface area contributed by atoms with Crippen LogP contribution in [-0.4, -0.2) is 25.5 Å². The van der Waals surface area contributed by atoms with Crippen LogP contribution in [0.15, 0.2) is 29.1 Å². The summed E-state index contributed by atoms with van der Waals surface area (Å²) in [6, 6.07) is 7.24. The molecule has 3 aromatic rings. The van der Waals surface area contributed by atoms with Gasteiger partial charge in [-0.25, -0.2) is 4.98 Å². The molecule has 0 saturated carbocycles. The molecule has 0 fully saturated rings. The van der Waals surface area contributed by atoms with Gasteiger partial charge in [0.25, 0.3) is 11.3 Å². The molecule has 7 nitrogen and oxygen atoms in total. The molecule has 0 atom stereocenters. The summed E-state index contributed by atoms with van der Waals surface area (Å²) in [4.78, 5) is 35.4. The van der Waals surface area contributed by atoms with Gasteiger partial charge in [0.1, 0.15) is 0 Å². The Morgan fingerprint density at radius 1 is 1.23 bits per heavy atom. The fraction of sp³-hybridized carbons (Fsp3) is 0.333. The summed E-state index contributed by atoms with van der Waals surface area (Å²) in [5.41, 5.74) is 1.83. The Bertz CT molecular complexity index is 1020. The van der Waals surface area contributed by atoms with Crippen molar-refractivity contribution in [2.24, 2.45) is 5.92 Å². The minimum Gasteiger partial charge on any atom is -0.276 e. The second-order valence-electron chi connectivity index (χ2n) is 6.52. The highest BCUT2D eigenvalue weighted by Crippen LogP contribution is 2.18. The molecule has 0 spiro atoms. The van der Waals surface area contributed by atoms with Crippen molar-refractivity contribution < 1.29 is 4.79 Å². The van der Waals surface area contributed by atoms with Crippen LogP contribution in [0.2, 0.25) is 5.02 Å². The van der Waals surface area contributed by atoms with Gasteiger partial charge < -0.3 is 0 Å². The minimum absolute atomic E-state index is 0.111. The number of rotatable bonds is 4. The van der Waals surface area contributed by atoms with E-state index in [1.54, 1.807) is 26.0 Å². The van der Waals surface area contributed by atoms with Crippen LogP contribution in [0, 0.1) is 19.8 Å². The van der Waals surface area contributed by atoms with Gasteiger partial charge in [-0.2, -0.15) is 9.50 Å². The summed E-state index contributed by atoms with van der Waals surface area (Å²) < 4.78 is 1.26. The van der Waals surface area contributed by atoms with Gasteiger partial charge in [-0.15, -0.1) is 0 Å². The van der Waals surface area contributed by atoms with Gasteiger partial charge in [0.05, 0.1) is 6.54 Å². The van der Waals surface area contributed by atoms with E-state index in [-0.39, 0.29) is 29.1 Å². The van der Waals surface area contributed by atoms with Gasteiger partial charge in [0, 0.05) is 22.2 Å². The summed E-state index contributed by atoms with van der Waals surface area (Å²) in [6.45, 7) is 7.41. The smallest absolute Gasteiger partial charge is 0.276 e. The van der Waals surface area contributed by atoms with E-state index in [4.69, 9.17) is 11.6 Å². The van der Waals surface area contributed by atoms with Crippen LogP contribution in [0.3, 0.4) is 0 Å². The van der Waals surface area contributed by atoms with Gasteiger partial charge in [0.15, 0.2) is 0 Å². The fourth-order valence-corrected chi connectivity index (χ4v) is 2.68. The van der Waals surface area contributed by atoms with Gasteiger partial charge in [-0.05, 0) is 31.5 Å². The number of hydrogen-bond donors (Lipinski definition) is 1. The first-order chi connectivity index (χ1) is 12.3. The number of aryl methyl sites for hydroxylation is 1. The molecule has 0 unspecified atom stereocenters. The number of amides is 1. The summed E-state index contributed by atoms with van der Waals surface area (Å²) in [6.07, 6.45) is 0. The third kappa shape index (κ3) is 3.35. The van der Waals surface area contributed by atoms with E-state index >= 15 is 0 Å². The summed E-state index contributed by atoms with van der Waals surface area (Å²) in [5, 5.41) is 3.53. The number of anilines is 1. The van der Waals surface area contributed by atoms with E-state index in [1.165, 1.54) is 9.42 Å². The number of nitrogens with zero attached hydrogens (tertiary/aromatic N) is 4. The average molecular weight is 374 g/mol. The molecule has 2 aromatic heterocycles. The van der Waals surface area contributed by atoms with Crippen molar-refractivity contribution >= 4 is 29.2 Å². The molecule has 0 bridgehead atoms. The van der Waals surface area contributed by atoms with Gasteiger partial charge in [0.2, 0.25) is 11.9 Å². The van der Waals surface area contributed by atoms with Crippen LogP contribution < -0.4 is 10.5 Å². The van der Waals surface area contributed by atoms with Crippen LogP contribution in [-0.2, 0) is 11.3 Å². The lowest BCUT2D eigenvalue weighted by molar-refractivity contribution is -0.121. The Balaban J connectivity index is 2.08. The number of aromatic amines is 1. The topological polar surface area (TPSA) is 83.4 Å². The molecule has 1 amide bonds. The number of H-pyrrole nitrogens is 1. The average Bonchev–Trinajstić information content (AvgIpc) is 3.02. The zero-order chi connectivity index (χ0) is 19.0. The molecule has 0 aliphatic carbocycles. The zero-order valence-electron chi connectivity index (χ0n) is 15.1. The molecule has 1 aromatic carbocycles. The normalized spacial score (nSPS) is 11.3. The predicted molar refractivity (Wildman–Crippen MR) is 101 cm³/mol. The quantitative estimate of drug-likeness (QED) is 0.762. The molecule has 0 saturated heterocycles. The van der Waals surface area contributed by atoms with Crippen LogP contribution in [0.5, 0.6) is 0 Å². The maximum Gasteiger partial charge on any atom is 0.277 e. The van der Waals surface area contributed by atoms with Crippen LogP contribution >= 0.6 is 11.6 Å². The lowest BCUT2D eigenvalue weighted by atomic mass is 10.1. The Labute approximate surface area is 155 Å². The molecule has 136 valence electrons. The molecule has 26 heavy (non-hydrogen) atoms. The predicted octanol–water partition coefficient (Wildman–Crippen LogP) is 2.88.